The van der Waals surface area contributed by atoms with Gasteiger partial charge in [0.1, 0.15) is 11.9 Å². The fourth-order valence-electron chi connectivity index (χ4n) is 4.80. The van der Waals surface area contributed by atoms with Gasteiger partial charge in [-0.15, -0.1) is 0 Å². The van der Waals surface area contributed by atoms with Gasteiger partial charge in [0, 0.05) is 62.5 Å². The minimum absolute atomic E-state index is 0.182. The maximum atomic E-state index is 14.5. The molecule has 0 radical (unpaired) electrons. The number of halogens is 1. The lowest BCUT2D eigenvalue weighted by Gasteiger charge is -2.37. The first-order valence-electron chi connectivity index (χ1n) is 10.8. The zero-order chi connectivity index (χ0) is 23.1. The molecule has 0 aliphatic carbocycles. The first-order chi connectivity index (χ1) is 15.9. The van der Waals surface area contributed by atoms with E-state index in [0.29, 0.717) is 29.3 Å². The maximum absolute atomic E-state index is 14.5. The van der Waals surface area contributed by atoms with Gasteiger partial charge in [-0.1, -0.05) is 0 Å². The van der Waals surface area contributed by atoms with E-state index in [1.54, 1.807) is 0 Å². The smallest absolute Gasteiger partial charge is 0.255 e. The van der Waals surface area contributed by atoms with Crippen LogP contribution in [0, 0.1) is 12.4 Å². The molecule has 2 saturated heterocycles. The highest BCUT2D eigenvalue weighted by Crippen LogP contribution is 2.35. The average Bonchev–Trinajstić information content (AvgIpc) is 3.38. The van der Waals surface area contributed by atoms with Crippen molar-refractivity contribution in [1.29, 1.82) is 0 Å². The van der Waals surface area contributed by atoms with Gasteiger partial charge in [-0.05, 0) is 35.6 Å². The first-order valence-corrected chi connectivity index (χ1v) is 11.7. The molecule has 3 aliphatic rings. The van der Waals surface area contributed by atoms with Crippen molar-refractivity contribution in [1.82, 2.24) is 15.1 Å². The summed E-state index contributed by atoms with van der Waals surface area (Å²) in [5.74, 6) is -1.66. The number of imide groups is 1. The molecule has 3 amide bonds. The molecule has 0 saturated carbocycles. The summed E-state index contributed by atoms with van der Waals surface area (Å²) >= 11 is 1.45. The van der Waals surface area contributed by atoms with Crippen molar-refractivity contribution in [3.63, 3.8) is 0 Å². The second kappa shape index (κ2) is 8.57. The van der Waals surface area contributed by atoms with Gasteiger partial charge < -0.3 is 9.80 Å². The number of carbonyl (C=O) groups is 3. The highest BCUT2D eigenvalue weighted by molar-refractivity contribution is 7.14. The van der Waals surface area contributed by atoms with Crippen LogP contribution in [0.3, 0.4) is 0 Å². The average molecular weight is 468 g/mol. The quantitative estimate of drug-likeness (QED) is 0.553. The van der Waals surface area contributed by atoms with Crippen LogP contribution in [0.15, 0.2) is 23.6 Å². The largest absolute Gasteiger partial charge is 0.369 e. The molecule has 1 atom stereocenters. The molecule has 10 heteroatoms. The van der Waals surface area contributed by atoms with Gasteiger partial charge in [-0.25, -0.2) is 9.24 Å². The van der Waals surface area contributed by atoms with Crippen molar-refractivity contribution >= 4 is 39.7 Å². The van der Waals surface area contributed by atoms with E-state index in [4.69, 9.17) is 6.57 Å². The van der Waals surface area contributed by atoms with E-state index in [-0.39, 0.29) is 31.2 Å². The number of hydrogen-bond donors (Lipinski definition) is 1. The summed E-state index contributed by atoms with van der Waals surface area (Å²) in [5.41, 5.74) is 2.84. The number of anilines is 1. The lowest BCUT2D eigenvalue weighted by molar-refractivity contribution is -0.136. The fourth-order valence-corrected chi connectivity index (χ4v) is 5.49. The van der Waals surface area contributed by atoms with Crippen LogP contribution in [-0.4, -0.2) is 59.7 Å². The Labute approximate surface area is 194 Å². The number of nitrogens with zero attached hydrogens (tertiary/aromatic N) is 4. The number of rotatable bonds is 4. The van der Waals surface area contributed by atoms with Crippen molar-refractivity contribution < 1.29 is 18.8 Å². The van der Waals surface area contributed by atoms with Gasteiger partial charge in [0.25, 0.3) is 5.91 Å². The molecular weight excluding hydrogens is 445 g/mol. The number of piperidine rings is 1. The van der Waals surface area contributed by atoms with Crippen molar-refractivity contribution in [2.45, 2.75) is 32.0 Å². The lowest BCUT2D eigenvalue weighted by Crippen LogP contribution is -2.52. The molecular formula is C23H22FN5O3S. The van der Waals surface area contributed by atoms with E-state index in [1.165, 1.54) is 28.4 Å². The molecule has 0 spiro atoms. The van der Waals surface area contributed by atoms with Crippen LogP contribution in [0.5, 0.6) is 0 Å². The van der Waals surface area contributed by atoms with Gasteiger partial charge in [0.05, 0.1) is 6.57 Å². The van der Waals surface area contributed by atoms with Crippen LogP contribution >= 0.6 is 11.3 Å². The molecule has 1 aromatic carbocycles. The zero-order valence-electron chi connectivity index (χ0n) is 17.8. The third kappa shape index (κ3) is 4.10. The van der Waals surface area contributed by atoms with Crippen molar-refractivity contribution in [2.24, 2.45) is 0 Å². The Bertz CT molecular complexity index is 1180. The summed E-state index contributed by atoms with van der Waals surface area (Å²) in [6, 6.07) is 3.91. The molecule has 1 unspecified atom stereocenters. The van der Waals surface area contributed by atoms with Gasteiger partial charge in [0.2, 0.25) is 16.8 Å². The molecule has 4 heterocycles. The molecule has 1 aromatic heterocycles. The Kier molecular flexibility index (Phi) is 5.60. The van der Waals surface area contributed by atoms with Gasteiger partial charge in [-0.3, -0.25) is 24.6 Å². The van der Waals surface area contributed by atoms with Crippen molar-refractivity contribution in [2.75, 3.05) is 31.1 Å². The van der Waals surface area contributed by atoms with E-state index < -0.39 is 17.8 Å². The molecule has 33 heavy (non-hydrogen) atoms. The topological polar surface area (TPSA) is 77.3 Å². The predicted molar refractivity (Wildman–Crippen MR) is 121 cm³/mol. The molecule has 2 fully saturated rings. The minimum Gasteiger partial charge on any atom is -0.369 e. The number of hydrogen-bond acceptors (Lipinski definition) is 6. The molecule has 8 nitrogen and oxygen atoms in total. The van der Waals surface area contributed by atoms with Crippen molar-refractivity contribution in [3.8, 4) is 0 Å². The number of nitrogens with one attached hydrogen (secondary N) is 1. The zero-order valence-corrected chi connectivity index (χ0v) is 18.7. The number of amides is 3. The summed E-state index contributed by atoms with van der Waals surface area (Å²) in [6.07, 6.45) is 0.458. The molecule has 5 rings (SSSR count). The van der Waals surface area contributed by atoms with Crippen LogP contribution < -0.4 is 10.2 Å². The summed E-state index contributed by atoms with van der Waals surface area (Å²) < 4.78 is 14.5. The first kappa shape index (κ1) is 21.6. The van der Waals surface area contributed by atoms with E-state index in [2.05, 4.69) is 20.0 Å². The van der Waals surface area contributed by atoms with Crippen LogP contribution in [0.4, 0.5) is 15.1 Å². The third-order valence-corrected chi connectivity index (χ3v) is 7.34. The van der Waals surface area contributed by atoms with E-state index in [0.717, 1.165) is 30.8 Å². The fraction of sp³-hybridized carbons (Fsp3) is 0.391. The number of benzene rings is 1. The summed E-state index contributed by atoms with van der Waals surface area (Å²) in [6.45, 7) is 11.0. The number of carbonyl (C=O) groups excluding carboxylic acids is 3. The number of fused-ring (bicyclic) bond motifs is 1. The Morgan fingerprint density at radius 3 is 2.64 bits per heavy atom. The van der Waals surface area contributed by atoms with Crippen LogP contribution in [0.1, 0.15) is 34.3 Å². The van der Waals surface area contributed by atoms with Crippen molar-refractivity contribution in [3.05, 3.63) is 57.5 Å². The monoisotopic (exact) mass is 467 g/mol. The van der Waals surface area contributed by atoms with E-state index in [9.17, 15) is 18.8 Å². The number of thiophene rings is 1. The Balaban J connectivity index is 1.31. The highest BCUT2D eigenvalue weighted by Gasteiger charge is 2.41. The summed E-state index contributed by atoms with van der Waals surface area (Å²) in [7, 11) is 0. The molecule has 3 aliphatic heterocycles. The predicted octanol–water partition coefficient (Wildman–Crippen LogP) is 2.52. The second-order valence-corrected chi connectivity index (χ2v) is 9.41. The van der Waals surface area contributed by atoms with Gasteiger partial charge >= 0.3 is 0 Å². The third-order valence-electron chi connectivity index (χ3n) is 6.47. The maximum Gasteiger partial charge on any atom is 0.255 e. The second-order valence-electron chi connectivity index (χ2n) is 8.52. The normalized spacial score (nSPS) is 21.2. The van der Waals surface area contributed by atoms with Gasteiger partial charge in [0.15, 0.2) is 0 Å². The molecule has 2 aromatic rings. The van der Waals surface area contributed by atoms with E-state index >= 15 is 0 Å². The summed E-state index contributed by atoms with van der Waals surface area (Å²) in [5, 5.41) is 4.99. The summed E-state index contributed by atoms with van der Waals surface area (Å²) in [4.78, 5) is 46.2. The molecule has 0 bridgehead atoms. The van der Waals surface area contributed by atoms with Gasteiger partial charge in [-0.2, -0.15) is 11.3 Å². The van der Waals surface area contributed by atoms with Crippen LogP contribution in [-0.2, 0) is 22.7 Å². The Hall–Kier alpha value is -3.29. The SMILES string of the molecule is [C-]#[N+]c1cc(CN2CCN(c3cc(F)cc4c3CN(C3CCC(=O)NC3=O)C4=O)CC2)cs1. The van der Waals surface area contributed by atoms with Crippen LogP contribution in [0.2, 0.25) is 0 Å². The molecule has 1 N–H and O–H groups in total. The lowest BCUT2D eigenvalue weighted by atomic mass is 10.0. The van der Waals surface area contributed by atoms with E-state index in [1.807, 2.05) is 11.4 Å². The number of piperazine rings is 1. The van der Waals surface area contributed by atoms with Crippen LogP contribution in [0.25, 0.3) is 4.85 Å². The molecule has 170 valence electrons. The minimum atomic E-state index is -0.721. The Morgan fingerprint density at radius 1 is 1.15 bits per heavy atom. The highest BCUT2D eigenvalue weighted by atomic mass is 32.1. The standard InChI is InChI=1S/C23H22FN5O3S/c1-25-21-8-14(13-33-21)11-27-4-6-28(7-5-27)19-10-15(24)9-16-17(19)12-29(23(16)32)18-2-3-20(30)26-22(18)31/h8-10,13,18H,2-7,11-12H2,(H,26,30,31). The Morgan fingerprint density at radius 2 is 1.94 bits per heavy atom.